The van der Waals surface area contributed by atoms with E-state index >= 15 is 0 Å². The highest BCUT2D eigenvalue weighted by Gasteiger charge is 2.35. The van der Waals surface area contributed by atoms with E-state index in [0.717, 1.165) is 35.0 Å². The smallest absolute Gasteiger partial charge is 0.246 e. The standard InChI is InChI=1S/C38H51N7O7/c1-24(2)34-37(49)39-15-18-52-27-13-11-25(12-14-27)20-30(41-36(48)32-10-7-16-44(32)3)35(47)42-31(21-26-22-40-29-9-6-5-8-28(26)29)38(50)45(17-19-51-4)23-33(46)43-34/h5-6,8-9,11-14,22,24,30-32,34,40H,7,10,15-21,23H2,1-4H3,(H,39,49)(H,41,48)(H,42,47)(H,43,46)/t30-,31-,32-,34-/m0/s1. The predicted octanol–water partition coefficient (Wildman–Crippen LogP) is 1.14. The van der Waals surface area contributed by atoms with Crippen LogP contribution in [0.15, 0.2) is 54.7 Å². The first-order valence-electron chi connectivity index (χ1n) is 18.0. The van der Waals surface area contributed by atoms with Crippen molar-refractivity contribution in [3.05, 3.63) is 65.9 Å². The van der Waals surface area contributed by atoms with E-state index in [1.165, 1.54) is 12.0 Å². The fourth-order valence-corrected chi connectivity index (χ4v) is 6.74. The summed E-state index contributed by atoms with van der Waals surface area (Å²) in [5.41, 5.74) is 2.43. The molecule has 0 aliphatic carbocycles. The molecule has 4 atom stereocenters. The molecule has 3 aliphatic heterocycles. The molecular formula is C38H51N7O7. The molecule has 0 spiro atoms. The van der Waals surface area contributed by atoms with E-state index in [9.17, 15) is 24.0 Å². The molecule has 3 aromatic rings. The summed E-state index contributed by atoms with van der Waals surface area (Å²) in [6.45, 7) is 4.63. The second kappa shape index (κ2) is 18.0. The first-order valence-corrected chi connectivity index (χ1v) is 18.0. The Morgan fingerprint density at radius 3 is 2.52 bits per heavy atom. The predicted molar refractivity (Wildman–Crippen MR) is 195 cm³/mol. The molecule has 14 nitrogen and oxygen atoms in total. The van der Waals surface area contributed by atoms with Crippen LogP contribution >= 0.6 is 0 Å². The van der Waals surface area contributed by atoms with Crippen LogP contribution < -0.4 is 26.0 Å². The number of fused-ring (bicyclic) bond motifs is 18. The van der Waals surface area contributed by atoms with E-state index in [2.05, 4.69) is 26.3 Å². The minimum Gasteiger partial charge on any atom is -0.492 e. The molecular weight excluding hydrogens is 666 g/mol. The fourth-order valence-electron chi connectivity index (χ4n) is 6.74. The summed E-state index contributed by atoms with van der Waals surface area (Å²) in [6.07, 6.45) is 3.62. The summed E-state index contributed by atoms with van der Waals surface area (Å²) >= 11 is 0. The highest BCUT2D eigenvalue weighted by molar-refractivity contribution is 5.96. The maximum atomic E-state index is 14.5. The van der Waals surface area contributed by atoms with Crippen molar-refractivity contribution in [2.75, 3.05) is 53.6 Å². The number of likely N-dealkylation sites (N-methyl/N-ethyl adjacent to an activating group) is 1. The number of likely N-dealkylation sites (tertiary alicyclic amines) is 1. The van der Waals surface area contributed by atoms with Gasteiger partial charge in [0.05, 0.1) is 25.7 Å². The molecule has 0 radical (unpaired) electrons. The van der Waals surface area contributed by atoms with Crippen LogP contribution in [0.3, 0.4) is 0 Å². The van der Waals surface area contributed by atoms with Crippen molar-refractivity contribution in [2.45, 2.75) is 63.7 Å². The maximum absolute atomic E-state index is 14.5. The van der Waals surface area contributed by atoms with Crippen LogP contribution in [0, 0.1) is 5.92 Å². The van der Waals surface area contributed by atoms with Gasteiger partial charge in [0.15, 0.2) is 0 Å². The van der Waals surface area contributed by atoms with Crippen molar-refractivity contribution in [3.8, 4) is 5.75 Å². The molecule has 4 heterocycles. The molecule has 1 fully saturated rings. The van der Waals surface area contributed by atoms with Gasteiger partial charge in [-0.05, 0) is 61.7 Å². The number of ether oxygens (including phenoxy) is 2. The van der Waals surface area contributed by atoms with Crippen LogP contribution in [0.5, 0.6) is 5.75 Å². The number of hydrogen-bond donors (Lipinski definition) is 5. The van der Waals surface area contributed by atoms with Crippen molar-refractivity contribution in [3.63, 3.8) is 0 Å². The summed E-state index contributed by atoms with van der Waals surface area (Å²) in [4.78, 5) is 75.6. The average molecular weight is 718 g/mol. The third kappa shape index (κ3) is 9.88. The number of aromatic nitrogens is 1. The number of amides is 5. The lowest BCUT2D eigenvalue weighted by Gasteiger charge is -2.30. The minimum atomic E-state index is -1.12. The number of benzene rings is 2. The Bertz CT molecular complexity index is 1710. The number of hydrogen-bond acceptors (Lipinski definition) is 8. The van der Waals surface area contributed by atoms with E-state index in [-0.39, 0.29) is 69.5 Å². The van der Waals surface area contributed by atoms with Crippen molar-refractivity contribution in [2.24, 2.45) is 5.92 Å². The van der Waals surface area contributed by atoms with Gasteiger partial charge in [-0.1, -0.05) is 44.2 Å². The van der Waals surface area contributed by atoms with Gasteiger partial charge in [0.1, 0.15) is 30.5 Å². The largest absolute Gasteiger partial charge is 0.492 e. The van der Waals surface area contributed by atoms with E-state index in [1.807, 2.05) is 62.2 Å². The summed E-state index contributed by atoms with van der Waals surface area (Å²) in [5.74, 6) is -1.88. The zero-order valence-corrected chi connectivity index (χ0v) is 30.4. The van der Waals surface area contributed by atoms with Gasteiger partial charge in [-0.25, -0.2) is 0 Å². The topological polar surface area (TPSA) is 174 Å². The number of nitrogens with one attached hydrogen (secondary N) is 5. The minimum absolute atomic E-state index is 0.0550. The number of H-pyrrole nitrogens is 1. The molecule has 0 unspecified atom stereocenters. The number of rotatable bonds is 8. The third-order valence-electron chi connectivity index (χ3n) is 9.68. The molecule has 14 heteroatoms. The summed E-state index contributed by atoms with van der Waals surface area (Å²) in [5, 5.41) is 12.5. The quantitative estimate of drug-likeness (QED) is 0.216. The van der Waals surface area contributed by atoms with E-state index in [4.69, 9.17) is 9.47 Å². The fraction of sp³-hybridized carbons (Fsp3) is 0.500. The monoisotopic (exact) mass is 717 g/mol. The van der Waals surface area contributed by atoms with Crippen LogP contribution in [-0.4, -0.2) is 122 Å². The van der Waals surface area contributed by atoms with Crippen LogP contribution in [0.1, 0.15) is 37.8 Å². The van der Waals surface area contributed by atoms with Crippen LogP contribution in [-0.2, 0) is 41.6 Å². The molecule has 52 heavy (non-hydrogen) atoms. The van der Waals surface area contributed by atoms with Crippen LogP contribution in [0.4, 0.5) is 0 Å². The van der Waals surface area contributed by atoms with Gasteiger partial charge in [0, 0.05) is 43.6 Å². The Morgan fingerprint density at radius 1 is 1.04 bits per heavy atom. The Kier molecular flexibility index (Phi) is 13.3. The number of carbonyl (C=O) groups excluding carboxylic acids is 5. The lowest BCUT2D eigenvalue weighted by molar-refractivity contribution is -0.141. The second-order valence-corrected chi connectivity index (χ2v) is 13.9. The van der Waals surface area contributed by atoms with Crippen LogP contribution in [0.25, 0.3) is 10.9 Å². The summed E-state index contributed by atoms with van der Waals surface area (Å²) in [7, 11) is 3.38. The molecule has 2 aromatic carbocycles. The number of aromatic amines is 1. The lowest BCUT2D eigenvalue weighted by Crippen LogP contribution is -2.58. The van der Waals surface area contributed by atoms with Crippen LogP contribution in [0.2, 0.25) is 0 Å². The number of nitrogens with zero attached hydrogens (tertiary/aromatic N) is 2. The third-order valence-corrected chi connectivity index (χ3v) is 9.68. The SMILES string of the molecule is COCCN1CC(=O)N[C@@H](C(C)C)C(=O)NCCOc2ccc(cc2)C[C@H](NC(=O)[C@@H]2CCCN2C)C(=O)N[C@@H](Cc2c[nH]c3ccccc23)C1=O. The molecule has 5 N–H and O–H groups in total. The van der Waals surface area contributed by atoms with Gasteiger partial charge in [0.25, 0.3) is 0 Å². The Labute approximate surface area is 304 Å². The van der Waals surface area contributed by atoms with Crippen molar-refractivity contribution < 1.29 is 33.4 Å². The Hall–Kier alpha value is -4.95. The van der Waals surface area contributed by atoms with Gasteiger partial charge >= 0.3 is 0 Å². The van der Waals surface area contributed by atoms with E-state index in [1.54, 1.807) is 18.3 Å². The zero-order chi connectivity index (χ0) is 37.2. The van der Waals surface area contributed by atoms with Gasteiger partial charge in [0.2, 0.25) is 29.5 Å². The van der Waals surface area contributed by atoms with Gasteiger partial charge in [-0.15, -0.1) is 0 Å². The highest BCUT2D eigenvalue weighted by Crippen LogP contribution is 2.21. The molecule has 280 valence electrons. The number of carbonyl (C=O) groups is 5. The van der Waals surface area contributed by atoms with Gasteiger partial charge in [-0.2, -0.15) is 0 Å². The molecule has 6 rings (SSSR count). The van der Waals surface area contributed by atoms with E-state index < -0.39 is 35.8 Å². The molecule has 3 aliphatic rings. The molecule has 0 saturated carbocycles. The Morgan fingerprint density at radius 2 is 1.81 bits per heavy atom. The second-order valence-electron chi connectivity index (χ2n) is 13.9. The van der Waals surface area contributed by atoms with E-state index in [0.29, 0.717) is 12.2 Å². The van der Waals surface area contributed by atoms with Gasteiger partial charge < -0.3 is 40.6 Å². The lowest BCUT2D eigenvalue weighted by atomic mass is 10.0. The first kappa shape index (κ1) is 38.3. The molecule has 1 aromatic heterocycles. The molecule has 5 amide bonds. The molecule has 1 saturated heterocycles. The summed E-state index contributed by atoms with van der Waals surface area (Å²) < 4.78 is 11.1. The van der Waals surface area contributed by atoms with Crippen molar-refractivity contribution in [1.82, 2.24) is 36.1 Å². The molecule has 2 bridgehead atoms. The maximum Gasteiger partial charge on any atom is 0.246 e. The Balaban J connectivity index is 1.51. The zero-order valence-electron chi connectivity index (χ0n) is 30.4. The van der Waals surface area contributed by atoms with Crippen molar-refractivity contribution in [1.29, 1.82) is 0 Å². The van der Waals surface area contributed by atoms with Crippen molar-refractivity contribution >= 4 is 40.4 Å². The number of para-hydroxylation sites is 1. The average Bonchev–Trinajstić information content (AvgIpc) is 3.75. The number of methoxy groups -OCH3 is 1. The first-order chi connectivity index (χ1) is 25.0. The normalized spacial score (nSPS) is 22.9. The summed E-state index contributed by atoms with van der Waals surface area (Å²) in [6, 6.07) is 11.5. The highest BCUT2D eigenvalue weighted by atomic mass is 16.5. The van der Waals surface area contributed by atoms with Gasteiger partial charge in [-0.3, -0.25) is 28.9 Å².